The van der Waals surface area contributed by atoms with Crippen LogP contribution in [-0.2, 0) is 0 Å². The van der Waals surface area contributed by atoms with Gasteiger partial charge in [0.15, 0.2) is 0 Å². The average Bonchev–Trinajstić information content (AvgIpc) is 2.73. The van der Waals surface area contributed by atoms with Crippen molar-refractivity contribution < 1.29 is 5.11 Å². The summed E-state index contributed by atoms with van der Waals surface area (Å²) in [5.41, 5.74) is 4.83. The lowest BCUT2D eigenvalue weighted by atomic mass is 10.0. The molecule has 1 aliphatic heterocycles. The fraction of sp³-hybridized carbons (Fsp3) is 0.154. The van der Waals surface area contributed by atoms with Gasteiger partial charge in [-0.25, -0.2) is 0 Å². The quantitative estimate of drug-likeness (QED) is 0.546. The first-order valence-electron chi connectivity index (χ1n) is 5.43. The van der Waals surface area contributed by atoms with E-state index in [2.05, 4.69) is 17.3 Å². The van der Waals surface area contributed by atoms with Crippen LogP contribution in [0, 0.1) is 5.92 Å². The van der Waals surface area contributed by atoms with Gasteiger partial charge in [-0.15, -0.1) is 0 Å². The van der Waals surface area contributed by atoms with Crippen molar-refractivity contribution in [1.29, 1.82) is 0 Å². The van der Waals surface area contributed by atoms with Crippen molar-refractivity contribution in [3.63, 3.8) is 0 Å². The smallest absolute Gasteiger partial charge is 0.124 e. The van der Waals surface area contributed by atoms with Gasteiger partial charge in [0.2, 0.25) is 0 Å². The van der Waals surface area contributed by atoms with Crippen molar-refractivity contribution in [1.82, 2.24) is 5.43 Å². The lowest BCUT2D eigenvalue weighted by Crippen LogP contribution is -2.21. The number of nitrogens with one attached hydrogen (secondary N) is 1. The highest BCUT2D eigenvalue weighted by atomic mass is 16.3. The summed E-state index contributed by atoms with van der Waals surface area (Å²) in [6.07, 6.45) is 5.63. The molecule has 1 aromatic carbocycles. The molecule has 0 bridgehead atoms. The molecular weight excluding hydrogens is 214 g/mol. The number of benzene rings is 1. The number of aromatic hydroxyl groups is 1. The molecule has 1 aromatic rings. The Labute approximate surface area is 100 Å². The van der Waals surface area contributed by atoms with E-state index in [9.17, 15) is 5.11 Å². The molecule has 1 aliphatic rings. The Morgan fingerprint density at radius 1 is 1.47 bits per heavy atom. The van der Waals surface area contributed by atoms with Crippen molar-refractivity contribution in [3.05, 3.63) is 48.2 Å². The third-order valence-corrected chi connectivity index (χ3v) is 2.71. The van der Waals surface area contributed by atoms with Crippen LogP contribution >= 0.6 is 0 Å². The van der Waals surface area contributed by atoms with E-state index in [0.717, 1.165) is 5.71 Å². The molecule has 1 atom stereocenters. The third kappa shape index (κ3) is 2.37. The molecule has 17 heavy (non-hydrogen) atoms. The van der Waals surface area contributed by atoms with Crippen LogP contribution in [0.2, 0.25) is 0 Å². The standard InChI is InChI=1S/C13H15N3O/c1-9-6-7-15-11(9)8-12(16-14)10-4-2-3-5-13(10)17/h2-9,16-17H,14H2,1H3/b12-8-. The summed E-state index contributed by atoms with van der Waals surface area (Å²) in [5.74, 6) is 5.95. The van der Waals surface area contributed by atoms with Gasteiger partial charge < -0.3 is 10.5 Å². The van der Waals surface area contributed by atoms with E-state index in [1.807, 2.05) is 18.2 Å². The summed E-state index contributed by atoms with van der Waals surface area (Å²) in [5, 5.41) is 9.76. The molecule has 0 radical (unpaired) electrons. The van der Waals surface area contributed by atoms with E-state index >= 15 is 0 Å². The molecule has 88 valence electrons. The minimum Gasteiger partial charge on any atom is -0.507 e. The van der Waals surface area contributed by atoms with Crippen LogP contribution in [0.25, 0.3) is 5.70 Å². The van der Waals surface area contributed by atoms with E-state index in [0.29, 0.717) is 11.3 Å². The second-order valence-corrected chi connectivity index (χ2v) is 3.90. The maximum atomic E-state index is 9.76. The van der Waals surface area contributed by atoms with Gasteiger partial charge in [-0.05, 0) is 18.2 Å². The first kappa shape index (κ1) is 11.4. The number of nitrogens with zero attached hydrogens (tertiary/aromatic N) is 1. The van der Waals surface area contributed by atoms with E-state index in [1.54, 1.807) is 24.4 Å². The molecule has 4 nitrogen and oxygen atoms in total. The lowest BCUT2D eigenvalue weighted by molar-refractivity contribution is 0.473. The number of rotatable bonds is 3. The Balaban J connectivity index is 2.35. The fourth-order valence-electron chi connectivity index (χ4n) is 1.69. The van der Waals surface area contributed by atoms with Crippen molar-refractivity contribution in [2.45, 2.75) is 6.92 Å². The molecule has 4 N–H and O–H groups in total. The maximum Gasteiger partial charge on any atom is 0.124 e. The van der Waals surface area contributed by atoms with E-state index < -0.39 is 0 Å². The van der Waals surface area contributed by atoms with Gasteiger partial charge in [-0.3, -0.25) is 10.8 Å². The van der Waals surface area contributed by atoms with Gasteiger partial charge in [0.1, 0.15) is 5.75 Å². The Morgan fingerprint density at radius 3 is 2.82 bits per heavy atom. The highest BCUT2D eigenvalue weighted by molar-refractivity contribution is 6.04. The number of hydrogen-bond donors (Lipinski definition) is 3. The lowest BCUT2D eigenvalue weighted by Gasteiger charge is -2.10. The van der Waals surface area contributed by atoms with E-state index in [-0.39, 0.29) is 11.7 Å². The Hall–Kier alpha value is -2.07. The molecule has 1 heterocycles. The molecule has 2 rings (SSSR count). The van der Waals surface area contributed by atoms with E-state index in [1.165, 1.54) is 0 Å². The summed E-state index contributed by atoms with van der Waals surface area (Å²) < 4.78 is 0. The van der Waals surface area contributed by atoms with Crippen LogP contribution in [0.4, 0.5) is 0 Å². The second-order valence-electron chi connectivity index (χ2n) is 3.90. The number of aliphatic imine (C=N–C) groups is 1. The van der Waals surface area contributed by atoms with Crippen LogP contribution in [0.5, 0.6) is 5.75 Å². The summed E-state index contributed by atoms with van der Waals surface area (Å²) in [4.78, 5) is 4.24. The molecule has 0 aliphatic carbocycles. The summed E-state index contributed by atoms with van der Waals surface area (Å²) in [6.45, 7) is 2.05. The van der Waals surface area contributed by atoms with Crippen LogP contribution < -0.4 is 11.3 Å². The predicted octanol–water partition coefficient (Wildman–Crippen LogP) is 1.80. The zero-order valence-electron chi connectivity index (χ0n) is 9.59. The number of phenolic OH excluding ortho intramolecular Hbond substituents is 1. The van der Waals surface area contributed by atoms with Crippen molar-refractivity contribution in [3.8, 4) is 5.75 Å². The summed E-state index contributed by atoms with van der Waals surface area (Å²) >= 11 is 0. The van der Waals surface area contributed by atoms with Gasteiger partial charge >= 0.3 is 0 Å². The number of hydrazine groups is 1. The minimum absolute atomic E-state index is 0.191. The van der Waals surface area contributed by atoms with Crippen LogP contribution in [0.1, 0.15) is 12.5 Å². The topological polar surface area (TPSA) is 70.6 Å². The molecule has 1 unspecified atom stereocenters. The van der Waals surface area contributed by atoms with Gasteiger partial charge in [-0.1, -0.05) is 25.1 Å². The zero-order chi connectivity index (χ0) is 12.3. The first-order valence-corrected chi connectivity index (χ1v) is 5.43. The zero-order valence-corrected chi connectivity index (χ0v) is 9.59. The predicted molar refractivity (Wildman–Crippen MR) is 69.1 cm³/mol. The number of para-hydroxylation sites is 1. The molecule has 0 spiro atoms. The van der Waals surface area contributed by atoms with Gasteiger partial charge in [0, 0.05) is 23.4 Å². The Kier molecular flexibility index (Phi) is 3.25. The largest absolute Gasteiger partial charge is 0.507 e. The van der Waals surface area contributed by atoms with Crippen molar-refractivity contribution in [2.24, 2.45) is 16.8 Å². The van der Waals surface area contributed by atoms with Gasteiger partial charge in [0.25, 0.3) is 0 Å². The maximum absolute atomic E-state index is 9.76. The highest BCUT2D eigenvalue weighted by Gasteiger charge is 2.12. The highest BCUT2D eigenvalue weighted by Crippen LogP contribution is 2.23. The minimum atomic E-state index is 0.191. The molecule has 0 saturated heterocycles. The fourth-order valence-corrected chi connectivity index (χ4v) is 1.69. The number of nitrogens with two attached hydrogens (primary N) is 1. The van der Waals surface area contributed by atoms with Crippen LogP contribution in [-0.4, -0.2) is 10.8 Å². The SMILES string of the molecule is CC1C=CN=C1/C=C(\NN)c1ccccc1O. The summed E-state index contributed by atoms with van der Waals surface area (Å²) in [7, 11) is 0. The van der Waals surface area contributed by atoms with Gasteiger partial charge in [-0.2, -0.15) is 0 Å². The van der Waals surface area contributed by atoms with E-state index in [4.69, 9.17) is 5.84 Å². The van der Waals surface area contributed by atoms with Crippen molar-refractivity contribution in [2.75, 3.05) is 0 Å². The third-order valence-electron chi connectivity index (χ3n) is 2.71. The molecule has 0 saturated carbocycles. The summed E-state index contributed by atoms with van der Waals surface area (Å²) in [6, 6.07) is 7.04. The number of phenols is 1. The average molecular weight is 229 g/mol. The normalized spacial score (nSPS) is 19.3. The molecule has 0 fully saturated rings. The second kappa shape index (κ2) is 4.84. The molecular formula is C13H15N3O. The molecule has 0 amide bonds. The number of hydrogen-bond acceptors (Lipinski definition) is 4. The van der Waals surface area contributed by atoms with Crippen LogP contribution in [0.3, 0.4) is 0 Å². The first-order chi connectivity index (χ1) is 8.22. The Morgan fingerprint density at radius 2 is 2.24 bits per heavy atom. The molecule has 0 aromatic heterocycles. The number of allylic oxidation sites excluding steroid dienone is 2. The van der Waals surface area contributed by atoms with Crippen LogP contribution in [0.15, 0.2) is 47.6 Å². The van der Waals surface area contributed by atoms with Crippen molar-refractivity contribution >= 4 is 11.4 Å². The monoisotopic (exact) mass is 229 g/mol. The van der Waals surface area contributed by atoms with Gasteiger partial charge in [0.05, 0.1) is 5.70 Å². The molecule has 4 heteroatoms. The Bertz CT molecular complexity index is 503.